The Balaban J connectivity index is 2.69. The lowest BCUT2D eigenvalue weighted by Crippen LogP contribution is -2.18. The maximum Gasteiger partial charge on any atom is 0.184 e. The van der Waals surface area contributed by atoms with Gasteiger partial charge in [0, 0.05) is 10.9 Å². The molecule has 0 saturated carbocycles. The molecule has 1 aromatic carbocycles. The number of hydrogen-bond acceptors (Lipinski definition) is 2. The van der Waals surface area contributed by atoms with Crippen LogP contribution in [0.15, 0.2) is 16.5 Å². The zero-order valence-corrected chi connectivity index (χ0v) is 12.5. The molecular formula is C15H19ClFNO. The summed E-state index contributed by atoms with van der Waals surface area (Å²) in [5.74, 6) is 0.304. The van der Waals surface area contributed by atoms with Crippen molar-refractivity contribution >= 4 is 22.6 Å². The van der Waals surface area contributed by atoms with Gasteiger partial charge in [0.15, 0.2) is 11.4 Å². The molecule has 2 aromatic rings. The van der Waals surface area contributed by atoms with Gasteiger partial charge in [0.1, 0.15) is 5.76 Å². The Bertz CT molecular complexity index is 598. The van der Waals surface area contributed by atoms with E-state index in [2.05, 4.69) is 26.1 Å². The summed E-state index contributed by atoms with van der Waals surface area (Å²) in [6, 6.07) is 3.42. The third-order valence-corrected chi connectivity index (χ3v) is 3.40. The molecule has 0 aliphatic carbocycles. The Hall–Kier alpha value is -1.06. The fraction of sp³-hybridized carbons (Fsp3) is 0.467. The molecule has 0 aliphatic rings. The van der Waals surface area contributed by atoms with Crippen LogP contribution in [0.2, 0.25) is 5.02 Å². The second-order valence-electron chi connectivity index (χ2n) is 5.67. The Labute approximate surface area is 117 Å². The van der Waals surface area contributed by atoms with E-state index >= 15 is 0 Å². The fourth-order valence-corrected chi connectivity index (χ4v) is 2.49. The van der Waals surface area contributed by atoms with Crippen molar-refractivity contribution in [3.05, 3.63) is 34.3 Å². The smallest absolute Gasteiger partial charge is 0.184 e. The van der Waals surface area contributed by atoms with Gasteiger partial charge < -0.3 is 9.73 Å². The number of hydrogen-bond donors (Lipinski definition) is 1. The van der Waals surface area contributed by atoms with Crippen molar-refractivity contribution in [1.82, 2.24) is 5.32 Å². The average Bonchev–Trinajstić information content (AvgIpc) is 2.70. The zero-order valence-electron chi connectivity index (χ0n) is 11.7. The van der Waals surface area contributed by atoms with Gasteiger partial charge in [-0.15, -0.1) is 0 Å². The molecule has 0 saturated heterocycles. The Morgan fingerprint density at radius 1 is 1.32 bits per heavy atom. The van der Waals surface area contributed by atoms with Crippen molar-refractivity contribution in [3.8, 4) is 0 Å². The molecule has 2 rings (SSSR count). The van der Waals surface area contributed by atoms with E-state index in [0.29, 0.717) is 6.54 Å². The van der Waals surface area contributed by atoms with Crippen molar-refractivity contribution in [2.24, 2.45) is 0 Å². The maximum atomic E-state index is 14.1. The number of furan rings is 1. The molecule has 0 fully saturated rings. The van der Waals surface area contributed by atoms with Gasteiger partial charge in [0.25, 0.3) is 0 Å². The molecule has 0 aliphatic heterocycles. The lowest BCUT2D eigenvalue weighted by atomic mass is 9.84. The van der Waals surface area contributed by atoms with Gasteiger partial charge in [0.2, 0.25) is 0 Å². The second-order valence-corrected chi connectivity index (χ2v) is 6.08. The minimum absolute atomic E-state index is 0.0942. The first kappa shape index (κ1) is 14.4. The highest BCUT2D eigenvalue weighted by atomic mass is 35.5. The summed E-state index contributed by atoms with van der Waals surface area (Å²) in [5, 5.41) is 4.12. The van der Waals surface area contributed by atoms with Gasteiger partial charge in [-0.05, 0) is 24.1 Å². The van der Waals surface area contributed by atoms with Crippen molar-refractivity contribution in [2.45, 2.75) is 39.7 Å². The van der Waals surface area contributed by atoms with E-state index in [0.717, 1.165) is 23.3 Å². The molecule has 19 heavy (non-hydrogen) atoms. The lowest BCUT2D eigenvalue weighted by Gasteiger charge is -2.19. The molecule has 4 heteroatoms. The van der Waals surface area contributed by atoms with E-state index in [1.54, 1.807) is 6.07 Å². The lowest BCUT2D eigenvalue weighted by molar-refractivity contribution is 0.475. The summed E-state index contributed by atoms with van der Waals surface area (Å²) in [6.45, 7) is 9.74. The molecule has 104 valence electrons. The Morgan fingerprint density at radius 3 is 2.58 bits per heavy atom. The first-order valence-electron chi connectivity index (χ1n) is 6.46. The van der Waals surface area contributed by atoms with Crippen LogP contribution in [0, 0.1) is 5.82 Å². The first-order chi connectivity index (χ1) is 8.86. The van der Waals surface area contributed by atoms with Gasteiger partial charge >= 0.3 is 0 Å². The number of benzene rings is 1. The SMILES string of the molecule is CCNCc1oc2c(F)c(Cl)ccc2c1C(C)(C)C. The number of nitrogens with one attached hydrogen (secondary N) is 1. The van der Waals surface area contributed by atoms with E-state index in [1.165, 1.54) is 0 Å². The average molecular weight is 284 g/mol. The first-order valence-corrected chi connectivity index (χ1v) is 6.84. The van der Waals surface area contributed by atoms with Crippen molar-refractivity contribution in [1.29, 1.82) is 0 Å². The summed E-state index contributed by atoms with van der Waals surface area (Å²) in [5.41, 5.74) is 1.18. The van der Waals surface area contributed by atoms with Crippen LogP contribution in [0.3, 0.4) is 0 Å². The van der Waals surface area contributed by atoms with Crippen LogP contribution in [0.1, 0.15) is 39.0 Å². The molecule has 1 aromatic heterocycles. The van der Waals surface area contributed by atoms with Crippen LogP contribution >= 0.6 is 11.6 Å². The molecule has 0 atom stereocenters. The standard InChI is InChI=1S/C15H19ClFNO/c1-5-18-8-11-12(15(2,3)4)9-6-7-10(16)13(17)14(9)19-11/h6-7,18H,5,8H2,1-4H3. The van der Waals surface area contributed by atoms with Gasteiger partial charge in [-0.3, -0.25) is 0 Å². The van der Waals surface area contributed by atoms with Crippen molar-refractivity contribution < 1.29 is 8.81 Å². The second kappa shape index (κ2) is 5.14. The predicted molar refractivity (Wildman–Crippen MR) is 77.3 cm³/mol. The van der Waals surface area contributed by atoms with Crippen LogP contribution in [-0.2, 0) is 12.0 Å². The third kappa shape index (κ3) is 2.63. The van der Waals surface area contributed by atoms with Gasteiger partial charge in [-0.1, -0.05) is 39.3 Å². The van der Waals surface area contributed by atoms with E-state index < -0.39 is 5.82 Å². The summed E-state index contributed by atoms with van der Waals surface area (Å²) in [6.07, 6.45) is 0. The van der Waals surface area contributed by atoms with E-state index in [9.17, 15) is 4.39 Å². The third-order valence-electron chi connectivity index (χ3n) is 3.11. The molecule has 0 unspecified atom stereocenters. The molecule has 0 spiro atoms. The minimum atomic E-state index is -0.479. The molecule has 0 bridgehead atoms. The normalized spacial score (nSPS) is 12.3. The van der Waals surface area contributed by atoms with Crippen molar-refractivity contribution in [3.63, 3.8) is 0 Å². The van der Waals surface area contributed by atoms with Gasteiger partial charge in [0.05, 0.1) is 11.6 Å². The molecular weight excluding hydrogens is 265 g/mol. The summed E-state index contributed by atoms with van der Waals surface area (Å²) < 4.78 is 19.8. The largest absolute Gasteiger partial charge is 0.456 e. The number of halogens is 2. The molecule has 2 nitrogen and oxygen atoms in total. The van der Waals surface area contributed by atoms with Crippen LogP contribution < -0.4 is 5.32 Å². The highest BCUT2D eigenvalue weighted by Gasteiger charge is 2.26. The van der Waals surface area contributed by atoms with Crippen LogP contribution in [0.5, 0.6) is 0 Å². The summed E-state index contributed by atoms with van der Waals surface area (Å²) in [7, 11) is 0. The summed E-state index contributed by atoms with van der Waals surface area (Å²) >= 11 is 5.82. The zero-order chi connectivity index (χ0) is 14.2. The van der Waals surface area contributed by atoms with E-state index in [-0.39, 0.29) is 16.0 Å². The van der Waals surface area contributed by atoms with Gasteiger partial charge in [-0.2, -0.15) is 0 Å². The molecule has 0 amide bonds. The van der Waals surface area contributed by atoms with Crippen LogP contribution in [0.25, 0.3) is 11.0 Å². The maximum absolute atomic E-state index is 14.1. The highest BCUT2D eigenvalue weighted by molar-refractivity contribution is 6.31. The molecule has 0 radical (unpaired) electrons. The Morgan fingerprint density at radius 2 is 2.00 bits per heavy atom. The molecule has 1 N–H and O–H groups in total. The monoisotopic (exact) mass is 283 g/mol. The quantitative estimate of drug-likeness (QED) is 0.888. The topological polar surface area (TPSA) is 25.2 Å². The minimum Gasteiger partial charge on any atom is -0.456 e. The van der Waals surface area contributed by atoms with E-state index in [1.807, 2.05) is 13.0 Å². The predicted octanol–water partition coefficient (Wildman–Crippen LogP) is 4.63. The van der Waals surface area contributed by atoms with Gasteiger partial charge in [-0.25, -0.2) is 4.39 Å². The highest BCUT2D eigenvalue weighted by Crippen LogP contribution is 2.38. The molecule has 1 heterocycles. The summed E-state index contributed by atoms with van der Waals surface area (Å²) in [4.78, 5) is 0. The van der Waals surface area contributed by atoms with Crippen LogP contribution in [0.4, 0.5) is 4.39 Å². The van der Waals surface area contributed by atoms with Crippen LogP contribution in [-0.4, -0.2) is 6.54 Å². The number of fused-ring (bicyclic) bond motifs is 1. The fourth-order valence-electron chi connectivity index (χ4n) is 2.34. The Kier molecular flexibility index (Phi) is 3.88. The number of rotatable bonds is 3. The van der Waals surface area contributed by atoms with E-state index in [4.69, 9.17) is 16.0 Å². The van der Waals surface area contributed by atoms with Crippen molar-refractivity contribution in [2.75, 3.05) is 6.54 Å².